The summed E-state index contributed by atoms with van der Waals surface area (Å²) in [5, 5.41) is 6.11. The van der Waals surface area contributed by atoms with E-state index in [1.807, 2.05) is 39.0 Å². The molecule has 1 aliphatic rings. The van der Waals surface area contributed by atoms with Crippen molar-refractivity contribution in [2.24, 2.45) is 5.41 Å². The highest BCUT2D eigenvalue weighted by molar-refractivity contribution is 5.98. The molecule has 2 amide bonds. The fourth-order valence-corrected chi connectivity index (χ4v) is 3.51. The van der Waals surface area contributed by atoms with Crippen LogP contribution in [0.15, 0.2) is 54.6 Å². The van der Waals surface area contributed by atoms with Crippen molar-refractivity contribution in [2.45, 2.75) is 26.8 Å². The van der Waals surface area contributed by atoms with E-state index in [4.69, 9.17) is 0 Å². The zero-order valence-corrected chi connectivity index (χ0v) is 19.0. The Morgan fingerprint density at radius 1 is 0.968 bits per heavy atom. The second-order valence-electron chi connectivity index (χ2n) is 9.33. The topological polar surface area (TPSA) is 64.7 Å². The van der Waals surface area contributed by atoms with Gasteiger partial charge in [0.25, 0.3) is 5.91 Å². The van der Waals surface area contributed by atoms with Gasteiger partial charge in [0.15, 0.2) is 0 Å². The number of nitrogens with zero attached hydrogens (tertiary/aromatic N) is 2. The number of anilines is 1. The van der Waals surface area contributed by atoms with Gasteiger partial charge in [0, 0.05) is 49.4 Å². The Hall–Kier alpha value is -2.70. The van der Waals surface area contributed by atoms with Crippen LogP contribution in [-0.2, 0) is 4.79 Å². The van der Waals surface area contributed by atoms with E-state index in [2.05, 4.69) is 39.6 Å². The maximum Gasteiger partial charge on any atom is 0.251 e. The molecule has 1 atom stereocenters. The first kappa shape index (κ1) is 23.0. The molecule has 0 spiro atoms. The Balaban J connectivity index is 1.73. The van der Waals surface area contributed by atoms with Crippen LogP contribution in [0.1, 0.15) is 42.7 Å². The molecule has 166 valence electrons. The van der Waals surface area contributed by atoms with Crippen LogP contribution in [0.25, 0.3) is 0 Å². The second kappa shape index (κ2) is 10.1. The van der Waals surface area contributed by atoms with E-state index in [9.17, 15) is 9.59 Å². The molecule has 1 saturated heterocycles. The number of nitrogens with one attached hydrogen (secondary N) is 2. The first-order chi connectivity index (χ1) is 14.7. The van der Waals surface area contributed by atoms with Crippen molar-refractivity contribution in [3.8, 4) is 0 Å². The lowest BCUT2D eigenvalue weighted by Crippen LogP contribution is -2.47. The molecule has 0 bridgehead atoms. The van der Waals surface area contributed by atoms with E-state index in [0.717, 1.165) is 38.3 Å². The third-order valence-electron chi connectivity index (χ3n) is 5.61. The van der Waals surface area contributed by atoms with Gasteiger partial charge in [-0.3, -0.25) is 14.5 Å². The molecule has 2 aromatic rings. The molecular formula is C25H34N4O2. The van der Waals surface area contributed by atoms with Crippen molar-refractivity contribution in [2.75, 3.05) is 45.1 Å². The lowest BCUT2D eigenvalue weighted by Gasteiger charge is -2.35. The van der Waals surface area contributed by atoms with Gasteiger partial charge in [-0.2, -0.15) is 0 Å². The molecule has 1 unspecified atom stereocenters. The van der Waals surface area contributed by atoms with Crippen LogP contribution in [-0.4, -0.2) is 61.4 Å². The summed E-state index contributed by atoms with van der Waals surface area (Å²) in [7, 11) is 2.14. The van der Waals surface area contributed by atoms with Crippen molar-refractivity contribution in [1.82, 2.24) is 15.1 Å². The fourth-order valence-electron chi connectivity index (χ4n) is 3.51. The van der Waals surface area contributed by atoms with Crippen LogP contribution in [0, 0.1) is 5.41 Å². The molecule has 31 heavy (non-hydrogen) atoms. The molecule has 2 aromatic carbocycles. The van der Waals surface area contributed by atoms with Crippen molar-refractivity contribution < 1.29 is 9.59 Å². The van der Waals surface area contributed by atoms with Gasteiger partial charge in [0.2, 0.25) is 5.91 Å². The van der Waals surface area contributed by atoms with E-state index in [1.165, 1.54) is 0 Å². The Bertz CT molecular complexity index is 884. The number of carbonyl (C=O) groups is 2. The Morgan fingerprint density at radius 3 is 2.29 bits per heavy atom. The van der Waals surface area contributed by atoms with Crippen LogP contribution < -0.4 is 10.6 Å². The number of benzene rings is 2. The molecule has 0 aliphatic carbocycles. The van der Waals surface area contributed by atoms with Crippen molar-refractivity contribution in [3.63, 3.8) is 0 Å². The first-order valence-electron chi connectivity index (χ1n) is 10.9. The monoisotopic (exact) mass is 422 g/mol. The number of hydrogen-bond donors (Lipinski definition) is 2. The average molecular weight is 423 g/mol. The third-order valence-corrected chi connectivity index (χ3v) is 5.61. The van der Waals surface area contributed by atoms with Crippen molar-refractivity contribution >= 4 is 17.5 Å². The van der Waals surface area contributed by atoms with Gasteiger partial charge < -0.3 is 15.5 Å². The molecule has 0 aromatic heterocycles. The van der Waals surface area contributed by atoms with Crippen LogP contribution >= 0.6 is 0 Å². The van der Waals surface area contributed by atoms with Gasteiger partial charge in [-0.15, -0.1) is 0 Å². The summed E-state index contributed by atoms with van der Waals surface area (Å²) in [6.45, 7) is 10.4. The minimum atomic E-state index is -0.501. The Morgan fingerprint density at radius 2 is 1.65 bits per heavy atom. The van der Waals surface area contributed by atoms with Crippen molar-refractivity contribution in [3.05, 3.63) is 65.7 Å². The largest absolute Gasteiger partial charge is 0.344 e. The van der Waals surface area contributed by atoms with Crippen LogP contribution in [0.4, 0.5) is 5.69 Å². The first-order valence-corrected chi connectivity index (χ1v) is 10.9. The van der Waals surface area contributed by atoms with Crippen molar-refractivity contribution in [1.29, 1.82) is 0 Å². The SMILES string of the molecule is CN1CCN(CC(NC(=O)c2cccc(NC(=O)C(C)(C)C)c2)c2ccccc2)CC1. The number of hydrogen-bond acceptors (Lipinski definition) is 4. The summed E-state index contributed by atoms with van der Waals surface area (Å²) in [6.07, 6.45) is 0. The number of amides is 2. The standard InChI is InChI=1S/C25H34N4O2/c1-25(2,3)24(31)26-21-12-8-11-20(17-21)23(30)27-22(19-9-6-5-7-10-19)18-29-15-13-28(4)14-16-29/h5-12,17,22H,13-16,18H2,1-4H3,(H,26,31)(H,27,30). The summed E-state index contributed by atoms with van der Waals surface area (Å²) >= 11 is 0. The number of carbonyl (C=O) groups excluding carboxylic acids is 2. The minimum absolute atomic E-state index is 0.0812. The van der Waals surface area contributed by atoms with Crippen LogP contribution in [0.3, 0.4) is 0 Å². The Kier molecular flexibility index (Phi) is 7.46. The maximum atomic E-state index is 13.1. The highest BCUT2D eigenvalue weighted by atomic mass is 16.2. The molecule has 6 nitrogen and oxygen atoms in total. The lowest BCUT2D eigenvalue weighted by atomic mass is 9.95. The molecular weight excluding hydrogens is 388 g/mol. The summed E-state index contributed by atoms with van der Waals surface area (Å²) in [5.74, 6) is -0.225. The zero-order valence-electron chi connectivity index (χ0n) is 19.0. The predicted molar refractivity (Wildman–Crippen MR) is 125 cm³/mol. The zero-order chi connectivity index (χ0) is 22.4. The molecule has 1 heterocycles. The number of piperazine rings is 1. The summed E-state index contributed by atoms with van der Waals surface area (Å²) in [6, 6.07) is 17.1. The number of rotatable bonds is 6. The van der Waals surface area contributed by atoms with Gasteiger partial charge in [0.1, 0.15) is 0 Å². The molecule has 6 heteroatoms. The second-order valence-corrected chi connectivity index (χ2v) is 9.33. The fraction of sp³-hybridized carbons (Fsp3) is 0.440. The van der Waals surface area contributed by atoms with E-state index in [0.29, 0.717) is 11.3 Å². The van der Waals surface area contributed by atoms with Crippen LogP contribution in [0.2, 0.25) is 0 Å². The lowest BCUT2D eigenvalue weighted by molar-refractivity contribution is -0.123. The van der Waals surface area contributed by atoms with E-state index in [1.54, 1.807) is 24.3 Å². The normalized spacial score (nSPS) is 16.5. The summed E-state index contributed by atoms with van der Waals surface area (Å²) in [5.41, 5.74) is 1.75. The molecule has 1 fully saturated rings. The Labute approximate surface area is 185 Å². The predicted octanol–water partition coefficient (Wildman–Crippen LogP) is 3.39. The average Bonchev–Trinajstić information content (AvgIpc) is 2.75. The molecule has 0 radical (unpaired) electrons. The van der Waals surface area contributed by atoms with Gasteiger partial charge >= 0.3 is 0 Å². The molecule has 1 aliphatic heterocycles. The van der Waals surface area contributed by atoms with E-state index < -0.39 is 5.41 Å². The minimum Gasteiger partial charge on any atom is -0.344 e. The smallest absolute Gasteiger partial charge is 0.251 e. The number of likely N-dealkylation sites (N-methyl/N-ethyl adjacent to an activating group) is 1. The molecule has 2 N–H and O–H groups in total. The summed E-state index contributed by atoms with van der Waals surface area (Å²) < 4.78 is 0. The highest BCUT2D eigenvalue weighted by Crippen LogP contribution is 2.20. The highest BCUT2D eigenvalue weighted by Gasteiger charge is 2.23. The van der Waals surface area contributed by atoms with Gasteiger partial charge in [-0.1, -0.05) is 57.2 Å². The van der Waals surface area contributed by atoms with E-state index >= 15 is 0 Å². The molecule has 0 saturated carbocycles. The summed E-state index contributed by atoms with van der Waals surface area (Å²) in [4.78, 5) is 30.1. The molecule has 3 rings (SSSR count). The third kappa shape index (κ3) is 6.64. The quantitative estimate of drug-likeness (QED) is 0.749. The maximum absolute atomic E-state index is 13.1. The van der Waals surface area contributed by atoms with E-state index in [-0.39, 0.29) is 17.9 Å². The van der Waals surface area contributed by atoms with Crippen LogP contribution in [0.5, 0.6) is 0 Å². The van der Waals surface area contributed by atoms with Gasteiger partial charge in [-0.05, 0) is 30.8 Å². The van der Waals surface area contributed by atoms with Gasteiger partial charge in [-0.25, -0.2) is 0 Å². The van der Waals surface area contributed by atoms with Gasteiger partial charge in [0.05, 0.1) is 6.04 Å².